The van der Waals surface area contributed by atoms with Gasteiger partial charge in [0.15, 0.2) is 0 Å². The van der Waals surface area contributed by atoms with Crippen molar-refractivity contribution in [2.24, 2.45) is 11.8 Å². The van der Waals surface area contributed by atoms with E-state index in [1.807, 2.05) is 0 Å². The van der Waals surface area contributed by atoms with Gasteiger partial charge in [-0.3, -0.25) is 0 Å². The molecule has 0 aliphatic heterocycles. The second-order valence-corrected chi connectivity index (χ2v) is 16.3. The summed E-state index contributed by atoms with van der Waals surface area (Å²) < 4.78 is 0. The van der Waals surface area contributed by atoms with Crippen molar-refractivity contribution in [3.63, 3.8) is 0 Å². The molecule has 0 spiro atoms. The predicted molar refractivity (Wildman–Crippen MR) is 209 cm³/mol. The molecule has 0 bridgehead atoms. The molecule has 0 saturated heterocycles. The Bertz CT molecular complexity index is 2250. The summed E-state index contributed by atoms with van der Waals surface area (Å²) in [6.07, 6.45) is 12.2. The molecule has 0 radical (unpaired) electrons. The van der Waals surface area contributed by atoms with E-state index < -0.39 is 0 Å². The summed E-state index contributed by atoms with van der Waals surface area (Å²) in [5.41, 5.74) is 31.2. The summed E-state index contributed by atoms with van der Waals surface area (Å²) in [6, 6.07) is 32.7. The molecular formula is C50H44. The lowest BCUT2D eigenvalue weighted by Gasteiger charge is -2.43. The van der Waals surface area contributed by atoms with Crippen LogP contribution in [0.3, 0.4) is 0 Å². The van der Waals surface area contributed by atoms with Crippen LogP contribution in [-0.4, -0.2) is 0 Å². The van der Waals surface area contributed by atoms with Crippen LogP contribution < -0.4 is 0 Å². The molecule has 0 aromatic heterocycles. The van der Waals surface area contributed by atoms with E-state index in [4.69, 9.17) is 0 Å². The van der Waals surface area contributed by atoms with Gasteiger partial charge in [-0.1, -0.05) is 98.8 Å². The zero-order valence-electron chi connectivity index (χ0n) is 29.8. The predicted octanol–water partition coefficient (Wildman–Crippen LogP) is 13.2. The maximum atomic E-state index is 2.59. The van der Waals surface area contributed by atoms with Crippen LogP contribution in [0, 0.1) is 25.7 Å². The number of hydrogen-bond donors (Lipinski definition) is 0. The van der Waals surface area contributed by atoms with Crippen LogP contribution in [0.15, 0.2) is 142 Å². The number of hydrogen-bond acceptors (Lipinski definition) is 0. The Morgan fingerprint density at radius 2 is 0.900 bits per heavy atom. The van der Waals surface area contributed by atoms with E-state index in [1.54, 1.807) is 66.9 Å². The summed E-state index contributed by atoms with van der Waals surface area (Å²) >= 11 is 0. The van der Waals surface area contributed by atoms with Crippen LogP contribution >= 0.6 is 0 Å². The lowest BCUT2D eigenvalue weighted by atomic mass is 9.61. The third-order valence-corrected chi connectivity index (χ3v) is 13.7. The Hall–Kier alpha value is -4.68. The minimum Gasteiger partial charge on any atom is -0.0757 e. The first-order valence-electron chi connectivity index (χ1n) is 19.2. The lowest BCUT2D eigenvalue weighted by Crippen LogP contribution is -2.26. The molecule has 0 N–H and O–H groups in total. The van der Waals surface area contributed by atoms with Gasteiger partial charge < -0.3 is 0 Å². The lowest BCUT2D eigenvalue weighted by molar-refractivity contribution is 0.597. The molecule has 0 fully saturated rings. The van der Waals surface area contributed by atoms with E-state index in [1.165, 1.54) is 57.3 Å². The maximum Gasteiger partial charge on any atom is 0.0145 e. The van der Waals surface area contributed by atoms with E-state index >= 15 is 0 Å². The van der Waals surface area contributed by atoms with E-state index in [-0.39, 0.29) is 0 Å². The highest BCUT2D eigenvalue weighted by Gasteiger charge is 2.47. The Kier molecular flexibility index (Phi) is 6.07. The largest absolute Gasteiger partial charge is 0.0757 e. The van der Waals surface area contributed by atoms with Gasteiger partial charge in [0.1, 0.15) is 0 Å². The third-order valence-electron chi connectivity index (χ3n) is 13.7. The van der Waals surface area contributed by atoms with E-state index in [0.717, 1.165) is 25.7 Å². The number of allylic oxidation sites excluding steroid dienone is 12. The van der Waals surface area contributed by atoms with Crippen LogP contribution in [0.2, 0.25) is 0 Å². The molecule has 4 atom stereocenters. The highest BCUT2D eigenvalue weighted by atomic mass is 14.5. The summed E-state index contributed by atoms with van der Waals surface area (Å²) in [4.78, 5) is 0. The SMILES string of the molecule is Cc1ccccc1-c1ccc2c(c1)C1CC3=C(CCC4=C3CC3C5=C4C(C)CC=C5c4ccc(-c5ccccc5C)cc43)C3=C1C2=CCC3C. The maximum absolute atomic E-state index is 2.59. The fraction of sp³-hybridized carbons (Fsp3) is 0.280. The zero-order chi connectivity index (χ0) is 33.4. The molecule has 7 aliphatic carbocycles. The smallest absolute Gasteiger partial charge is 0.0145 e. The Morgan fingerprint density at radius 3 is 1.34 bits per heavy atom. The first-order chi connectivity index (χ1) is 24.5. The number of fused-ring (bicyclic) bond motifs is 9. The van der Waals surface area contributed by atoms with Crippen LogP contribution in [-0.2, 0) is 0 Å². The van der Waals surface area contributed by atoms with Crippen molar-refractivity contribution in [2.45, 2.75) is 78.1 Å². The van der Waals surface area contributed by atoms with Gasteiger partial charge in [0.2, 0.25) is 0 Å². The van der Waals surface area contributed by atoms with Crippen LogP contribution in [0.4, 0.5) is 0 Å². The van der Waals surface area contributed by atoms with Gasteiger partial charge in [0.25, 0.3) is 0 Å². The minimum atomic E-state index is 0.460. The molecule has 4 aromatic rings. The molecule has 7 aliphatic rings. The summed E-state index contributed by atoms with van der Waals surface area (Å²) in [5, 5.41) is 0. The highest BCUT2D eigenvalue weighted by Crippen LogP contribution is 2.65. The molecule has 11 rings (SSSR count). The summed E-state index contributed by atoms with van der Waals surface area (Å²) in [7, 11) is 0. The van der Waals surface area contributed by atoms with E-state index in [9.17, 15) is 0 Å². The summed E-state index contributed by atoms with van der Waals surface area (Å²) in [6.45, 7) is 9.53. The van der Waals surface area contributed by atoms with Crippen LogP contribution in [0.25, 0.3) is 33.4 Å². The van der Waals surface area contributed by atoms with Crippen LogP contribution in [0.1, 0.15) is 97.6 Å². The van der Waals surface area contributed by atoms with Crippen molar-refractivity contribution in [3.05, 3.63) is 175 Å². The van der Waals surface area contributed by atoms with Gasteiger partial charge in [-0.2, -0.15) is 0 Å². The average Bonchev–Trinajstić information content (AvgIpc) is 3.62. The van der Waals surface area contributed by atoms with Crippen molar-refractivity contribution in [1.82, 2.24) is 0 Å². The molecule has 0 nitrogen and oxygen atoms in total. The van der Waals surface area contributed by atoms with Gasteiger partial charge in [-0.25, -0.2) is 0 Å². The zero-order valence-corrected chi connectivity index (χ0v) is 29.8. The van der Waals surface area contributed by atoms with Crippen molar-refractivity contribution < 1.29 is 0 Å². The highest BCUT2D eigenvalue weighted by molar-refractivity contribution is 5.95. The van der Waals surface area contributed by atoms with Gasteiger partial charge in [0, 0.05) is 11.8 Å². The second kappa shape index (κ2) is 10.4. The molecule has 50 heavy (non-hydrogen) atoms. The van der Waals surface area contributed by atoms with Crippen LogP contribution in [0.5, 0.6) is 0 Å². The molecular weight excluding hydrogens is 601 g/mol. The Balaban J connectivity index is 1.07. The van der Waals surface area contributed by atoms with Gasteiger partial charge in [0.05, 0.1) is 0 Å². The number of benzene rings is 4. The fourth-order valence-electron chi connectivity index (χ4n) is 11.5. The Labute approximate surface area is 297 Å². The van der Waals surface area contributed by atoms with E-state index in [2.05, 4.69) is 125 Å². The first-order valence-corrected chi connectivity index (χ1v) is 19.2. The van der Waals surface area contributed by atoms with Gasteiger partial charge in [-0.15, -0.1) is 0 Å². The average molecular weight is 645 g/mol. The van der Waals surface area contributed by atoms with Gasteiger partial charge in [-0.05, 0) is 188 Å². The van der Waals surface area contributed by atoms with Crippen molar-refractivity contribution in [3.8, 4) is 22.3 Å². The van der Waals surface area contributed by atoms with Crippen molar-refractivity contribution in [1.29, 1.82) is 0 Å². The monoisotopic (exact) mass is 644 g/mol. The molecule has 0 amide bonds. The molecule has 0 heterocycles. The standard InChI is InChI=1S/C50H44/c1-27-9-5-7-11-33(27)31-15-19-35-37-17-13-29(3)47-39-21-22-40-44(43(39)25-45(49(37)47)41(35)23-31)26-46-42-24-32(34-12-8-6-10-28(34)2)16-20-36(42)38-18-14-30(4)48(40)50(38)46/h5-12,15-20,23-24,29-30,45-46H,13-14,21-22,25-26H2,1-4H3. The minimum absolute atomic E-state index is 0.460. The van der Waals surface area contributed by atoms with Gasteiger partial charge >= 0.3 is 0 Å². The normalized spacial score (nSPS) is 25.4. The van der Waals surface area contributed by atoms with E-state index in [0.29, 0.717) is 23.7 Å². The quantitative estimate of drug-likeness (QED) is 0.204. The molecule has 0 heteroatoms. The molecule has 0 saturated carbocycles. The second-order valence-electron chi connectivity index (χ2n) is 16.3. The summed E-state index contributed by atoms with van der Waals surface area (Å²) in [5.74, 6) is 2.09. The first kappa shape index (κ1) is 29.1. The van der Waals surface area contributed by atoms with Crippen molar-refractivity contribution in [2.75, 3.05) is 0 Å². The third kappa shape index (κ3) is 3.83. The number of aryl methyl sites for hydroxylation is 2. The topological polar surface area (TPSA) is 0 Å². The molecule has 244 valence electrons. The fourth-order valence-corrected chi connectivity index (χ4v) is 11.5. The Morgan fingerprint density at radius 1 is 0.460 bits per heavy atom. The molecule has 4 aromatic carbocycles. The molecule has 4 unspecified atom stereocenters. The van der Waals surface area contributed by atoms with Crippen molar-refractivity contribution >= 4 is 11.1 Å². The number of rotatable bonds is 2.